The van der Waals surface area contributed by atoms with Crippen molar-refractivity contribution < 1.29 is 9.47 Å². The number of guanidine groups is 1. The zero-order valence-electron chi connectivity index (χ0n) is 19.7. The number of hydrogen-bond acceptors (Lipinski definition) is 4. The van der Waals surface area contributed by atoms with Gasteiger partial charge in [-0.3, -0.25) is 9.89 Å². The van der Waals surface area contributed by atoms with Gasteiger partial charge >= 0.3 is 0 Å². The van der Waals surface area contributed by atoms with Gasteiger partial charge in [-0.1, -0.05) is 26.0 Å². The third-order valence-electron chi connectivity index (χ3n) is 5.99. The minimum atomic E-state index is 0. The lowest BCUT2D eigenvalue weighted by atomic mass is 10.1. The minimum Gasteiger partial charge on any atom is -0.493 e. The Kier molecular flexibility index (Phi) is 11.4. The van der Waals surface area contributed by atoms with Crippen LogP contribution in [0.1, 0.15) is 44.2 Å². The molecule has 0 saturated carbocycles. The van der Waals surface area contributed by atoms with Crippen molar-refractivity contribution in [2.45, 2.75) is 52.6 Å². The number of nitrogens with one attached hydrogen (secondary N) is 2. The summed E-state index contributed by atoms with van der Waals surface area (Å²) in [4.78, 5) is 7.04. The number of hydrogen-bond donors (Lipinski definition) is 2. The quantitative estimate of drug-likeness (QED) is 0.282. The lowest BCUT2D eigenvalue weighted by Crippen LogP contribution is -2.45. The Morgan fingerprint density at radius 2 is 2.13 bits per heavy atom. The van der Waals surface area contributed by atoms with E-state index in [0.29, 0.717) is 24.4 Å². The van der Waals surface area contributed by atoms with Crippen LogP contribution in [0.4, 0.5) is 0 Å². The Bertz CT molecular complexity index is 692. The summed E-state index contributed by atoms with van der Waals surface area (Å²) in [6.07, 6.45) is 3.64. The maximum atomic E-state index is 6.17. The van der Waals surface area contributed by atoms with Crippen molar-refractivity contribution in [1.82, 2.24) is 15.5 Å². The SMILES string of the molecule is CN=C(NCc1ccc(C)cc1OCC1CCOC1)NC[C@H]1CCCN1CC(C)C.I. The largest absolute Gasteiger partial charge is 0.493 e. The zero-order valence-corrected chi connectivity index (χ0v) is 22.0. The van der Waals surface area contributed by atoms with Gasteiger partial charge in [-0.2, -0.15) is 0 Å². The summed E-state index contributed by atoms with van der Waals surface area (Å²) >= 11 is 0. The van der Waals surface area contributed by atoms with E-state index in [1.54, 1.807) is 0 Å². The molecule has 1 aromatic carbocycles. The predicted octanol–water partition coefficient (Wildman–Crippen LogP) is 3.81. The van der Waals surface area contributed by atoms with Gasteiger partial charge in [-0.25, -0.2) is 0 Å². The molecular weight excluding hydrogens is 503 g/mol. The van der Waals surface area contributed by atoms with Gasteiger partial charge in [0.2, 0.25) is 0 Å². The van der Waals surface area contributed by atoms with Crippen LogP contribution in [0.3, 0.4) is 0 Å². The standard InChI is InChI=1S/C24H40N4O2.HI/c1-18(2)15-28-10-5-6-22(28)14-27-24(25-4)26-13-21-8-7-19(3)12-23(21)30-17-20-9-11-29-16-20;/h7-8,12,18,20,22H,5-6,9-11,13-17H2,1-4H3,(H2,25,26,27);1H/t20?,22-;/m1./s1. The van der Waals surface area contributed by atoms with Crippen LogP contribution in [0.25, 0.3) is 0 Å². The number of aryl methyl sites for hydroxylation is 1. The second kappa shape index (κ2) is 13.5. The molecule has 0 amide bonds. The first-order valence-electron chi connectivity index (χ1n) is 11.5. The molecule has 2 atom stereocenters. The molecule has 1 aromatic rings. The van der Waals surface area contributed by atoms with E-state index in [1.807, 2.05) is 7.05 Å². The second-order valence-corrected chi connectivity index (χ2v) is 9.14. The first-order valence-corrected chi connectivity index (χ1v) is 11.5. The van der Waals surface area contributed by atoms with Crippen molar-refractivity contribution in [2.24, 2.45) is 16.8 Å². The third-order valence-corrected chi connectivity index (χ3v) is 5.99. The molecule has 2 saturated heterocycles. The molecule has 6 nitrogen and oxygen atoms in total. The van der Waals surface area contributed by atoms with E-state index in [0.717, 1.165) is 50.1 Å². The third kappa shape index (κ3) is 8.42. The highest BCUT2D eigenvalue weighted by atomic mass is 127. The molecule has 0 aromatic heterocycles. The minimum absolute atomic E-state index is 0. The van der Waals surface area contributed by atoms with Gasteiger partial charge in [0, 0.05) is 50.8 Å². The van der Waals surface area contributed by atoms with Crippen LogP contribution in [0.15, 0.2) is 23.2 Å². The molecule has 3 rings (SSSR count). The molecule has 176 valence electrons. The van der Waals surface area contributed by atoms with Crippen LogP contribution in [0, 0.1) is 18.8 Å². The molecule has 31 heavy (non-hydrogen) atoms. The summed E-state index contributed by atoms with van der Waals surface area (Å²) in [5.74, 6) is 3.02. The van der Waals surface area contributed by atoms with Crippen LogP contribution in [0.2, 0.25) is 0 Å². The van der Waals surface area contributed by atoms with E-state index in [9.17, 15) is 0 Å². The van der Waals surface area contributed by atoms with Gasteiger partial charge in [0.1, 0.15) is 5.75 Å². The Morgan fingerprint density at radius 3 is 2.84 bits per heavy atom. The molecule has 2 N–H and O–H groups in total. The second-order valence-electron chi connectivity index (χ2n) is 9.14. The highest BCUT2D eigenvalue weighted by Gasteiger charge is 2.24. The average molecular weight is 545 g/mol. The van der Waals surface area contributed by atoms with Gasteiger partial charge in [0.15, 0.2) is 5.96 Å². The number of halogens is 1. The topological polar surface area (TPSA) is 58.1 Å². The normalized spacial score (nSPS) is 21.9. The van der Waals surface area contributed by atoms with Gasteiger partial charge in [-0.05, 0) is 50.3 Å². The number of rotatable bonds is 9. The fourth-order valence-corrected chi connectivity index (χ4v) is 4.31. The maximum absolute atomic E-state index is 6.17. The molecule has 7 heteroatoms. The van der Waals surface area contributed by atoms with Crippen LogP contribution >= 0.6 is 24.0 Å². The summed E-state index contributed by atoms with van der Waals surface area (Å²) in [6.45, 7) is 13.1. The van der Waals surface area contributed by atoms with Gasteiger partial charge in [0.25, 0.3) is 0 Å². The summed E-state index contributed by atoms with van der Waals surface area (Å²) in [5, 5.41) is 7.00. The van der Waals surface area contributed by atoms with E-state index in [2.05, 4.69) is 59.5 Å². The smallest absolute Gasteiger partial charge is 0.191 e. The molecule has 0 aliphatic carbocycles. The Balaban J connectivity index is 0.00000341. The number of nitrogens with zero attached hydrogens (tertiary/aromatic N) is 2. The number of likely N-dealkylation sites (tertiary alicyclic amines) is 1. The van der Waals surface area contributed by atoms with E-state index < -0.39 is 0 Å². The van der Waals surface area contributed by atoms with Crippen LogP contribution in [-0.2, 0) is 11.3 Å². The van der Waals surface area contributed by atoms with Crippen LogP contribution in [-0.4, -0.2) is 63.4 Å². The maximum Gasteiger partial charge on any atom is 0.191 e. The lowest BCUT2D eigenvalue weighted by molar-refractivity contribution is 0.166. The molecule has 2 heterocycles. The fourth-order valence-electron chi connectivity index (χ4n) is 4.31. The molecule has 2 aliphatic heterocycles. The molecule has 1 unspecified atom stereocenters. The van der Waals surface area contributed by atoms with Crippen molar-refractivity contribution in [3.63, 3.8) is 0 Å². The summed E-state index contributed by atoms with van der Waals surface area (Å²) in [6, 6.07) is 7.02. The van der Waals surface area contributed by atoms with E-state index >= 15 is 0 Å². The number of aliphatic imine (C=N–C) groups is 1. The first kappa shape index (κ1) is 26.2. The molecule has 0 spiro atoms. The molecule has 2 aliphatic rings. The van der Waals surface area contributed by atoms with Crippen molar-refractivity contribution in [1.29, 1.82) is 0 Å². The summed E-state index contributed by atoms with van der Waals surface area (Å²) in [7, 11) is 1.84. The monoisotopic (exact) mass is 544 g/mol. The molecule has 0 bridgehead atoms. The summed E-state index contributed by atoms with van der Waals surface area (Å²) < 4.78 is 11.6. The van der Waals surface area contributed by atoms with Crippen molar-refractivity contribution in [3.8, 4) is 5.75 Å². The lowest BCUT2D eigenvalue weighted by Gasteiger charge is -2.27. The van der Waals surface area contributed by atoms with E-state index in [1.165, 1.54) is 31.5 Å². The van der Waals surface area contributed by atoms with E-state index in [-0.39, 0.29) is 24.0 Å². The van der Waals surface area contributed by atoms with E-state index in [4.69, 9.17) is 9.47 Å². The van der Waals surface area contributed by atoms with Gasteiger partial charge in [-0.15, -0.1) is 24.0 Å². The van der Waals surface area contributed by atoms with Crippen LogP contribution < -0.4 is 15.4 Å². The Labute approximate surface area is 205 Å². The molecular formula is C24H41IN4O2. The first-order chi connectivity index (χ1) is 14.5. The number of ether oxygens (including phenoxy) is 2. The van der Waals surface area contributed by atoms with Gasteiger partial charge in [0.05, 0.1) is 13.2 Å². The van der Waals surface area contributed by atoms with Gasteiger partial charge < -0.3 is 20.1 Å². The predicted molar refractivity (Wildman–Crippen MR) is 139 cm³/mol. The highest BCUT2D eigenvalue weighted by Crippen LogP contribution is 2.23. The fraction of sp³-hybridized carbons (Fsp3) is 0.708. The number of benzene rings is 1. The summed E-state index contributed by atoms with van der Waals surface area (Å²) in [5.41, 5.74) is 2.37. The Hall–Kier alpha value is -1.06. The van der Waals surface area contributed by atoms with Crippen molar-refractivity contribution in [2.75, 3.05) is 46.5 Å². The Morgan fingerprint density at radius 1 is 1.29 bits per heavy atom. The van der Waals surface area contributed by atoms with Crippen molar-refractivity contribution >= 4 is 29.9 Å². The van der Waals surface area contributed by atoms with Crippen molar-refractivity contribution in [3.05, 3.63) is 29.3 Å². The molecule has 0 radical (unpaired) electrons. The highest BCUT2D eigenvalue weighted by molar-refractivity contribution is 14.0. The molecule has 2 fully saturated rings. The van der Waals surface area contributed by atoms with Crippen LogP contribution in [0.5, 0.6) is 5.75 Å². The zero-order chi connectivity index (χ0) is 21.3. The average Bonchev–Trinajstić information content (AvgIpc) is 3.39.